The van der Waals surface area contributed by atoms with E-state index in [0.717, 1.165) is 16.7 Å². The Kier molecular flexibility index (Phi) is 4.09. The number of amides is 1. The van der Waals surface area contributed by atoms with Crippen LogP contribution in [0.25, 0.3) is 10.9 Å². The highest BCUT2D eigenvalue weighted by Gasteiger charge is 1.99. The lowest BCUT2D eigenvalue weighted by molar-refractivity contribution is -0.123. The van der Waals surface area contributed by atoms with Gasteiger partial charge in [0, 0.05) is 11.6 Å². The Hall–Kier alpha value is -2.14. The molecule has 0 bridgehead atoms. The van der Waals surface area contributed by atoms with Crippen LogP contribution >= 0.6 is 0 Å². The van der Waals surface area contributed by atoms with E-state index < -0.39 is 12.5 Å². The summed E-state index contributed by atoms with van der Waals surface area (Å²) in [6.07, 6.45) is 1.74. The van der Waals surface area contributed by atoms with Crippen molar-refractivity contribution in [1.82, 2.24) is 10.3 Å². The van der Waals surface area contributed by atoms with Crippen molar-refractivity contribution in [3.05, 3.63) is 36.5 Å². The maximum atomic E-state index is 10.8. The molecule has 2 aromatic rings. The van der Waals surface area contributed by atoms with Crippen LogP contribution in [0.2, 0.25) is 0 Å². The number of aromatic nitrogens is 1. The first-order chi connectivity index (χ1) is 8.79. The van der Waals surface area contributed by atoms with Crippen molar-refractivity contribution in [2.75, 3.05) is 19.8 Å². The van der Waals surface area contributed by atoms with Crippen molar-refractivity contribution < 1.29 is 14.6 Å². The summed E-state index contributed by atoms with van der Waals surface area (Å²) in [5, 5.41) is 12.0. The Morgan fingerprint density at radius 1 is 1.39 bits per heavy atom. The first kappa shape index (κ1) is 12.3. The average Bonchev–Trinajstić information content (AvgIpc) is 2.43. The van der Waals surface area contributed by atoms with E-state index in [1.165, 1.54) is 0 Å². The SMILES string of the molecule is O=C(CO)NCCOc1ccc2ncccc2c1. The summed E-state index contributed by atoms with van der Waals surface area (Å²) >= 11 is 0. The molecule has 0 radical (unpaired) electrons. The van der Waals surface area contributed by atoms with Crippen molar-refractivity contribution in [2.45, 2.75) is 0 Å². The number of hydrogen-bond acceptors (Lipinski definition) is 4. The molecule has 0 atom stereocenters. The molecule has 0 unspecified atom stereocenters. The molecular formula is C13H14N2O3. The molecular weight excluding hydrogens is 232 g/mol. The molecule has 1 aromatic heterocycles. The van der Waals surface area contributed by atoms with Crippen LogP contribution in [0.5, 0.6) is 5.75 Å². The topological polar surface area (TPSA) is 71.5 Å². The lowest BCUT2D eigenvalue weighted by atomic mass is 10.2. The predicted octanol–water partition coefficient (Wildman–Crippen LogP) is 0.722. The monoisotopic (exact) mass is 246 g/mol. The maximum absolute atomic E-state index is 10.8. The van der Waals surface area contributed by atoms with Gasteiger partial charge in [-0.05, 0) is 24.3 Å². The number of benzene rings is 1. The second-order valence-electron chi connectivity index (χ2n) is 3.71. The van der Waals surface area contributed by atoms with Crippen LogP contribution in [0.4, 0.5) is 0 Å². The number of nitrogens with zero attached hydrogens (tertiary/aromatic N) is 1. The minimum Gasteiger partial charge on any atom is -0.492 e. The highest BCUT2D eigenvalue weighted by Crippen LogP contribution is 2.18. The van der Waals surface area contributed by atoms with E-state index in [9.17, 15) is 4.79 Å². The van der Waals surface area contributed by atoms with Gasteiger partial charge in [-0.15, -0.1) is 0 Å². The van der Waals surface area contributed by atoms with Crippen molar-refractivity contribution in [3.8, 4) is 5.75 Å². The zero-order valence-corrected chi connectivity index (χ0v) is 9.80. The van der Waals surface area contributed by atoms with Gasteiger partial charge < -0.3 is 15.2 Å². The summed E-state index contributed by atoms with van der Waals surface area (Å²) in [5.74, 6) is 0.329. The van der Waals surface area contributed by atoms with E-state index in [1.54, 1.807) is 6.20 Å². The van der Waals surface area contributed by atoms with Gasteiger partial charge in [-0.2, -0.15) is 0 Å². The van der Waals surface area contributed by atoms with E-state index in [1.807, 2.05) is 30.3 Å². The third kappa shape index (κ3) is 3.18. The van der Waals surface area contributed by atoms with E-state index in [0.29, 0.717) is 13.2 Å². The molecule has 0 aliphatic rings. The lowest BCUT2D eigenvalue weighted by Gasteiger charge is -2.07. The number of hydrogen-bond donors (Lipinski definition) is 2. The molecule has 0 fully saturated rings. The zero-order valence-electron chi connectivity index (χ0n) is 9.80. The molecule has 0 saturated carbocycles. The summed E-state index contributed by atoms with van der Waals surface area (Å²) < 4.78 is 5.48. The number of aliphatic hydroxyl groups excluding tert-OH is 1. The van der Waals surface area contributed by atoms with Gasteiger partial charge in [0.1, 0.15) is 19.0 Å². The molecule has 1 heterocycles. The molecule has 2 N–H and O–H groups in total. The average molecular weight is 246 g/mol. The molecule has 0 spiro atoms. The van der Waals surface area contributed by atoms with Gasteiger partial charge in [-0.25, -0.2) is 0 Å². The van der Waals surface area contributed by atoms with Crippen molar-refractivity contribution in [2.24, 2.45) is 0 Å². The summed E-state index contributed by atoms with van der Waals surface area (Å²) in [5.41, 5.74) is 0.915. The van der Waals surface area contributed by atoms with Crippen molar-refractivity contribution in [3.63, 3.8) is 0 Å². The molecule has 0 aliphatic carbocycles. The highest BCUT2D eigenvalue weighted by molar-refractivity contribution is 5.79. The third-order valence-electron chi connectivity index (χ3n) is 2.41. The Labute approximate surface area is 104 Å². The quantitative estimate of drug-likeness (QED) is 0.763. The number of fused-ring (bicyclic) bond motifs is 1. The fraction of sp³-hybridized carbons (Fsp3) is 0.231. The highest BCUT2D eigenvalue weighted by atomic mass is 16.5. The van der Waals surface area contributed by atoms with Crippen molar-refractivity contribution in [1.29, 1.82) is 0 Å². The summed E-state index contributed by atoms with van der Waals surface area (Å²) in [4.78, 5) is 15.0. The Bertz CT molecular complexity index is 543. The molecule has 5 nitrogen and oxygen atoms in total. The number of nitrogens with one attached hydrogen (secondary N) is 1. The van der Waals surface area contributed by atoms with Gasteiger partial charge in [0.2, 0.25) is 5.91 Å². The third-order valence-corrected chi connectivity index (χ3v) is 2.41. The van der Waals surface area contributed by atoms with Crippen LogP contribution in [0.1, 0.15) is 0 Å². The van der Waals surface area contributed by atoms with Gasteiger partial charge in [0.05, 0.1) is 12.1 Å². The zero-order chi connectivity index (χ0) is 12.8. The second-order valence-corrected chi connectivity index (χ2v) is 3.71. The number of aliphatic hydroxyl groups is 1. The molecule has 0 saturated heterocycles. The number of rotatable bonds is 5. The number of carbonyl (C=O) groups excluding carboxylic acids is 1. The van der Waals surface area contributed by atoms with E-state index >= 15 is 0 Å². The molecule has 18 heavy (non-hydrogen) atoms. The first-order valence-corrected chi connectivity index (χ1v) is 5.65. The second kappa shape index (κ2) is 5.97. The van der Waals surface area contributed by atoms with Crippen LogP contribution in [-0.4, -0.2) is 35.8 Å². The lowest BCUT2D eigenvalue weighted by Crippen LogP contribution is -2.30. The molecule has 94 valence electrons. The number of ether oxygens (including phenoxy) is 1. The van der Waals surface area contributed by atoms with Crippen LogP contribution in [-0.2, 0) is 4.79 Å². The fourth-order valence-corrected chi connectivity index (χ4v) is 1.56. The smallest absolute Gasteiger partial charge is 0.245 e. The van der Waals surface area contributed by atoms with Crippen LogP contribution < -0.4 is 10.1 Å². The number of pyridine rings is 1. The van der Waals surface area contributed by atoms with Gasteiger partial charge in [0.25, 0.3) is 0 Å². The van der Waals surface area contributed by atoms with Gasteiger partial charge in [0.15, 0.2) is 0 Å². The Morgan fingerprint density at radius 2 is 2.28 bits per heavy atom. The van der Waals surface area contributed by atoms with Crippen LogP contribution in [0, 0.1) is 0 Å². The molecule has 5 heteroatoms. The first-order valence-electron chi connectivity index (χ1n) is 5.65. The standard InChI is InChI=1S/C13H14N2O3/c16-9-13(17)15-6-7-18-11-3-4-12-10(8-11)2-1-5-14-12/h1-5,8,16H,6-7,9H2,(H,15,17). The van der Waals surface area contributed by atoms with Crippen LogP contribution in [0.3, 0.4) is 0 Å². The molecule has 1 amide bonds. The minimum atomic E-state index is -0.498. The van der Waals surface area contributed by atoms with Gasteiger partial charge >= 0.3 is 0 Å². The summed E-state index contributed by atoms with van der Waals surface area (Å²) in [6, 6.07) is 9.45. The minimum absolute atomic E-state index is 0.359. The summed E-state index contributed by atoms with van der Waals surface area (Å²) in [6.45, 7) is 0.226. The van der Waals surface area contributed by atoms with Crippen LogP contribution in [0.15, 0.2) is 36.5 Å². The largest absolute Gasteiger partial charge is 0.492 e. The Morgan fingerprint density at radius 3 is 3.11 bits per heavy atom. The maximum Gasteiger partial charge on any atom is 0.245 e. The van der Waals surface area contributed by atoms with Gasteiger partial charge in [-0.3, -0.25) is 9.78 Å². The Balaban J connectivity index is 1.90. The molecule has 1 aromatic carbocycles. The normalized spacial score (nSPS) is 10.3. The van der Waals surface area contributed by atoms with Crippen molar-refractivity contribution >= 4 is 16.8 Å². The fourth-order valence-electron chi connectivity index (χ4n) is 1.56. The number of carbonyl (C=O) groups is 1. The molecule has 2 rings (SSSR count). The van der Waals surface area contributed by atoms with E-state index in [2.05, 4.69) is 10.3 Å². The predicted molar refractivity (Wildman–Crippen MR) is 67.3 cm³/mol. The summed E-state index contributed by atoms with van der Waals surface area (Å²) in [7, 11) is 0. The van der Waals surface area contributed by atoms with Gasteiger partial charge in [-0.1, -0.05) is 6.07 Å². The van der Waals surface area contributed by atoms with E-state index in [-0.39, 0.29) is 0 Å². The molecule has 0 aliphatic heterocycles. The van der Waals surface area contributed by atoms with E-state index in [4.69, 9.17) is 9.84 Å².